The van der Waals surface area contributed by atoms with Crippen molar-refractivity contribution in [1.29, 1.82) is 0 Å². The lowest BCUT2D eigenvalue weighted by Gasteiger charge is -2.13. The molecule has 1 aliphatic rings. The van der Waals surface area contributed by atoms with E-state index in [2.05, 4.69) is 21.7 Å². The highest BCUT2D eigenvalue weighted by Gasteiger charge is 2.12. The summed E-state index contributed by atoms with van der Waals surface area (Å²) in [5.74, 6) is -0.0352. The predicted octanol–water partition coefficient (Wildman–Crippen LogP) is 3.09. The molecular formula is C19H27N3O2. The lowest BCUT2D eigenvalue weighted by molar-refractivity contribution is 0.0944. The Morgan fingerprint density at radius 2 is 2.04 bits per heavy atom. The third-order valence-electron chi connectivity index (χ3n) is 4.04. The van der Waals surface area contributed by atoms with Gasteiger partial charge in [-0.1, -0.05) is 25.5 Å². The maximum atomic E-state index is 12.2. The second-order valence-electron chi connectivity index (χ2n) is 6.65. The minimum absolute atomic E-state index is 0.160. The highest BCUT2D eigenvalue weighted by atomic mass is 16.2. The van der Waals surface area contributed by atoms with Gasteiger partial charge in [-0.15, -0.1) is 0 Å². The van der Waals surface area contributed by atoms with Crippen molar-refractivity contribution in [3.63, 3.8) is 0 Å². The zero-order chi connectivity index (χ0) is 17.4. The van der Waals surface area contributed by atoms with Crippen LogP contribution in [0.5, 0.6) is 0 Å². The molecule has 0 fully saturated rings. The molecule has 0 saturated heterocycles. The second kappa shape index (κ2) is 9.21. The van der Waals surface area contributed by atoms with Crippen LogP contribution in [-0.4, -0.2) is 29.9 Å². The molecule has 2 rings (SSSR count). The summed E-state index contributed by atoms with van der Waals surface area (Å²) in [5, 5.41) is 5.73. The summed E-state index contributed by atoms with van der Waals surface area (Å²) in [7, 11) is 0. The average Bonchev–Trinajstić information content (AvgIpc) is 2.60. The van der Waals surface area contributed by atoms with Gasteiger partial charge in [0.1, 0.15) is 5.69 Å². The number of carbonyl (C=O) groups excluding carboxylic acids is 2. The molecule has 2 N–H and O–H groups in total. The Kier molecular flexibility index (Phi) is 6.97. The number of rotatable bonds is 7. The maximum Gasteiger partial charge on any atom is 0.269 e. The number of aromatic nitrogens is 1. The van der Waals surface area contributed by atoms with E-state index in [1.165, 1.54) is 24.6 Å². The van der Waals surface area contributed by atoms with Gasteiger partial charge >= 0.3 is 0 Å². The van der Waals surface area contributed by atoms with Gasteiger partial charge in [0.2, 0.25) is 0 Å². The molecule has 1 heterocycles. The third-order valence-corrected chi connectivity index (χ3v) is 4.04. The summed E-state index contributed by atoms with van der Waals surface area (Å²) in [6.07, 6.45) is 9.52. The fourth-order valence-corrected chi connectivity index (χ4v) is 2.65. The molecule has 0 spiro atoms. The molecule has 5 heteroatoms. The van der Waals surface area contributed by atoms with Crippen molar-refractivity contribution < 1.29 is 9.59 Å². The Morgan fingerprint density at radius 1 is 1.21 bits per heavy atom. The summed E-state index contributed by atoms with van der Waals surface area (Å²) in [6.45, 7) is 5.27. The average molecular weight is 329 g/mol. The third kappa shape index (κ3) is 5.80. The Balaban J connectivity index is 1.86. The van der Waals surface area contributed by atoms with Crippen LogP contribution in [0.2, 0.25) is 0 Å². The monoisotopic (exact) mass is 329 g/mol. The van der Waals surface area contributed by atoms with Crippen LogP contribution in [0.1, 0.15) is 66.8 Å². The quantitative estimate of drug-likeness (QED) is 0.755. The number of carbonyl (C=O) groups is 2. The van der Waals surface area contributed by atoms with Gasteiger partial charge in [0.15, 0.2) is 0 Å². The highest BCUT2D eigenvalue weighted by Crippen LogP contribution is 2.19. The van der Waals surface area contributed by atoms with E-state index >= 15 is 0 Å². The van der Waals surface area contributed by atoms with E-state index in [9.17, 15) is 9.59 Å². The van der Waals surface area contributed by atoms with Crippen LogP contribution in [-0.2, 0) is 0 Å². The second-order valence-corrected chi connectivity index (χ2v) is 6.65. The Morgan fingerprint density at radius 3 is 2.75 bits per heavy atom. The van der Waals surface area contributed by atoms with Gasteiger partial charge in [-0.25, -0.2) is 0 Å². The largest absolute Gasteiger partial charge is 0.352 e. The normalized spacial score (nSPS) is 14.2. The maximum absolute atomic E-state index is 12.2. The molecule has 0 saturated carbocycles. The van der Waals surface area contributed by atoms with E-state index in [-0.39, 0.29) is 17.5 Å². The van der Waals surface area contributed by atoms with E-state index < -0.39 is 0 Å². The topological polar surface area (TPSA) is 71.1 Å². The Bertz CT molecular complexity index is 608. The van der Waals surface area contributed by atoms with Gasteiger partial charge < -0.3 is 10.6 Å². The number of pyridine rings is 1. The van der Waals surface area contributed by atoms with Crippen molar-refractivity contribution in [3.05, 3.63) is 41.2 Å². The predicted molar refractivity (Wildman–Crippen MR) is 94.9 cm³/mol. The minimum atomic E-state index is -0.245. The summed E-state index contributed by atoms with van der Waals surface area (Å²) in [5.41, 5.74) is 2.18. The summed E-state index contributed by atoms with van der Waals surface area (Å²) in [6, 6.07) is 3.18. The smallest absolute Gasteiger partial charge is 0.269 e. The number of allylic oxidation sites excluding steroid dienone is 1. The van der Waals surface area contributed by atoms with Crippen LogP contribution < -0.4 is 10.6 Å². The van der Waals surface area contributed by atoms with Gasteiger partial charge in [0.25, 0.3) is 11.8 Å². The Labute approximate surface area is 143 Å². The molecule has 0 aromatic carbocycles. The van der Waals surface area contributed by atoms with Crippen molar-refractivity contribution in [2.24, 2.45) is 5.92 Å². The fraction of sp³-hybridized carbons (Fsp3) is 0.526. The summed E-state index contributed by atoms with van der Waals surface area (Å²) >= 11 is 0. The highest BCUT2D eigenvalue weighted by molar-refractivity contribution is 5.98. The van der Waals surface area contributed by atoms with Gasteiger partial charge in [-0.05, 0) is 50.2 Å². The number of nitrogens with zero attached hydrogens (tertiary/aromatic N) is 1. The van der Waals surface area contributed by atoms with E-state index in [1.807, 2.05) is 13.8 Å². The zero-order valence-corrected chi connectivity index (χ0v) is 14.6. The van der Waals surface area contributed by atoms with Gasteiger partial charge in [-0.3, -0.25) is 14.6 Å². The molecule has 0 unspecified atom stereocenters. The molecule has 0 aliphatic heterocycles. The lowest BCUT2D eigenvalue weighted by atomic mass is 9.97. The van der Waals surface area contributed by atoms with Crippen LogP contribution in [0.3, 0.4) is 0 Å². The first-order valence-electron chi connectivity index (χ1n) is 8.76. The summed E-state index contributed by atoms with van der Waals surface area (Å²) in [4.78, 5) is 28.3. The van der Waals surface area contributed by atoms with Crippen LogP contribution in [0.25, 0.3) is 0 Å². The number of hydrogen-bond donors (Lipinski definition) is 2. The van der Waals surface area contributed by atoms with E-state index in [0.717, 1.165) is 19.3 Å². The molecule has 130 valence electrons. The first-order chi connectivity index (χ1) is 11.6. The standard InChI is InChI=1S/C19H27N3O2/c1-14(2)13-22-19(24)17-12-16(9-11-20-17)18(23)21-10-8-15-6-4-3-5-7-15/h6,9,11-12,14H,3-5,7-8,10,13H2,1-2H3,(H,21,23)(H,22,24). The summed E-state index contributed by atoms with van der Waals surface area (Å²) < 4.78 is 0. The van der Waals surface area contributed by atoms with Crippen LogP contribution in [0.4, 0.5) is 0 Å². The fourth-order valence-electron chi connectivity index (χ4n) is 2.65. The number of amides is 2. The van der Waals surface area contributed by atoms with E-state index in [1.54, 1.807) is 12.1 Å². The van der Waals surface area contributed by atoms with Crippen molar-refractivity contribution in [2.75, 3.05) is 13.1 Å². The molecule has 1 aromatic rings. The van der Waals surface area contributed by atoms with Gasteiger partial charge in [0.05, 0.1) is 0 Å². The van der Waals surface area contributed by atoms with E-state index in [0.29, 0.717) is 24.6 Å². The van der Waals surface area contributed by atoms with Gasteiger partial charge in [0, 0.05) is 24.8 Å². The van der Waals surface area contributed by atoms with Crippen molar-refractivity contribution in [1.82, 2.24) is 15.6 Å². The molecule has 1 aliphatic carbocycles. The van der Waals surface area contributed by atoms with Crippen LogP contribution in [0, 0.1) is 5.92 Å². The minimum Gasteiger partial charge on any atom is -0.352 e. The SMILES string of the molecule is CC(C)CNC(=O)c1cc(C(=O)NCCC2=CCCCC2)ccn1. The number of nitrogens with one attached hydrogen (secondary N) is 2. The van der Waals surface area contributed by atoms with Crippen molar-refractivity contribution in [3.8, 4) is 0 Å². The first-order valence-corrected chi connectivity index (χ1v) is 8.76. The van der Waals surface area contributed by atoms with Crippen LogP contribution in [0.15, 0.2) is 30.0 Å². The zero-order valence-electron chi connectivity index (χ0n) is 14.6. The molecule has 0 bridgehead atoms. The van der Waals surface area contributed by atoms with Crippen LogP contribution >= 0.6 is 0 Å². The Hall–Kier alpha value is -2.17. The molecule has 0 atom stereocenters. The number of hydrogen-bond acceptors (Lipinski definition) is 3. The molecule has 24 heavy (non-hydrogen) atoms. The molecule has 5 nitrogen and oxygen atoms in total. The van der Waals surface area contributed by atoms with Crippen molar-refractivity contribution in [2.45, 2.75) is 46.0 Å². The van der Waals surface area contributed by atoms with E-state index in [4.69, 9.17) is 0 Å². The molecular weight excluding hydrogens is 302 g/mol. The van der Waals surface area contributed by atoms with Gasteiger partial charge in [-0.2, -0.15) is 0 Å². The molecule has 1 aromatic heterocycles. The molecule has 2 amide bonds. The molecule has 0 radical (unpaired) electrons. The van der Waals surface area contributed by atoms with Crippen molar-refractivity contribution >= 4 is 11.8 Å². The lowest BCUT2D eigenvalue weighted by Crippen LogP contribution is -2.29. The first kappa shape index (κ1) is 18.2.